The zero-order chi connectivity index (χ0) is 48.6. The van der Waals surface area contributed by atoms with Gasteiger partial charge < -0.3 is 53.6 Å². The van der Waals surface area contributed by atoms with Crippen LogP contribution in [0.4, 0.5) is 0 Å². The Morgan fingerprint density at radius 2 is 1.62 bits per heavy atom. The van der Waals surface area contributed by atoms with E-state index in [0.717, 1.165) is 11.1 Å². The van der Waals surface area contributed by atoms with E-state index in [2.05, 4.69) is 6.08 Å². The van der Waals surface area contributed by atoms with E-state index in [0.29, 0.717) is 69.7 Å². The Morgan fingerprint density at radius 3 is 2.31 bits per heavy atom. The fourth-order valence-corrected chi connectivity index (χ4v) is 12.3. The molecule has 3 saturated carbocycles. The number of hydrogen-bond donors (Lipinski definition) is 4. The number of Topliss-reactive ketones (excluding diaryl/α,β-unsaturated/α-hetero) is 2. The van der Waals surface area contributed by atoms with Gasteiger partial charge >= 0.3 is 5.97 Å². The Balaban J connectivity index is 1.30. The van der Waals surface area contributed by atoms with Crippen LogP contribution < -0.4 is 14.2 Å². The molecule has 2 saturated heterocycles. The molecule has 68 heavy (non-hydrogen) atoms. The Kier molecular flexibility index (Phi) is 11.0. The molecule has 0 aromatic heterocycles. The number of hydrogen-bond acceptors (Lipinski definition) is 14. The van der Waals surface area contributed by atoms with Gasteiger partial charge in [-0.25, -0.2) is 4.79 Å². The molecule has 1 spiro atoms. The number of methoxy groups -OCH3 is 1. The Bertz CT molecular complexity index is 2740. The summed E-state index contributed by atoms with van der Waals surface area (Å²) in [5.41, 5.74) is 0.429. The number of rotatable bonds is 11. The van der Waals surface area contributed by atoms with Gasteiger partial charge in [-0.1, -0.05) is 53.6 Å². The number of carbonyl (C=O) groups excluding carboxylic acids is 3. The second-order valence-electron chi connectivity index (χ2n) is 20.8. The fourth-order valence-electron chi connectivity index (χ4n) is 12.3. The molecule has 14 nitrogen and oxygen atoms in total. The Hall–Kier alpha value is -5.35. The number of fused-ring (bicyclic) bond motifs is 5. The topological polar surface area (TPSA) is 197 Å². The maximum absolute atomic E-state index is 15.9. The van der Waals surface area contributed by atoms with Crippen molar-refractivity contribution in [2.24, 2.45) is 17.8 Å². The monoisotopic (exact) mass is 932 g/mol. The normalized spacial score (nSPS) is 34.2. The van der Waals surface area contributed by atoms with Gasteiger partial charge in [-0.3, -0.25) is 9.59 Å². The number of benzene rings is 2. The molecule has 0 amide bonds. The molecule has 9 aliphatic rings. The maximum Gasteiger partial charge on any atom is 0.333 e. The van der Waals surface area contributed by atoms with Crippen LogP contribution in [0.3, 0.4) is 0 Å². The average Bonchev–Trinajstić information content (AvgIpc) is 3.66. The third-order valence-electron chi connectivity index (χ3n) is 15.5. The summed E-state index contributed by atoms with van der Waals surface area (Å²) in [7, 11) is 1.29. The van der Waals surface area contributed by atoms with Crippen molar-refractivity contribution in [2.45, 2.75) is 141 Å². The minimum absolute atomic E-state index is 0.0771. The van der Waals surface area contributed by atoms with Crippen LogP contribution >= 0.6 is 0 Å². The van der Waals surface area contributed by atoms with Gasteiger partial charge in [0.2, 0.25) is 6.29 Å². The smallest absolute Gasteiger partial charge is 0.333 e. The van der Waals surface area contributed by atoms with Crippen molar-refractivity contribution in [1.82, 2.24) is 0 Å². The summed E-state index contributed by atoms with van der Waals surface area (Å²) >= 11 is 0. The first-order chi connectivity index (χ1) is 32.2. The van der Waals surface area contributed by atoms with Crippen molar-refractivity contribution in [3.05, 3.63) is 104 Å². The lowest BCUT2D eigenvalue weighted by Crippen LogP contribution is -2.75. The number of allylic oxidation sites excluding steroid dienone is 5. The predicted molar refractivity (Wildman–Crippen MR) is 248 cm³/mol. The van der Waals surface area contributed by atoms with Crippen molar-refractivity contribution in [3.63, 3.8) is 0 Å². The number of ether oxygens (including phenoxy) is 7. The van der Waals surface area contributed by atoms with E-state index < -0.39 is 83.4 Å². The summed E-state index contributed by atoms with van der Waals surface area (Å²) < 4.78 is 47.5. The van der Waals surface area contributed by atoms with E-state index in [-0.39, 0.29) is 47.2 Å². The highest BCUT2D eigenvalue weighted by molar-refractivity contribution is 6.22. The first-order valence-electron chi connectivity index (χ1n) is 23.6. The first kappa shape index (κ1) is 46.4. The third-order valence-corrected chi connectivity index (χ3v) is 15.5. The predicted octanol–water partition coefficient (Wildman–Crippen LogP) is 6.66. The number of aliphatic hydroxyl groups is 4. The number of ketones is 2. The molecule has 11 rings (SSSR count). The minimum Gasteiger partial charge on any atom is -0.482 e. The molecule has 14 heteroatoms. The minimum atomic E-state index is -1.80. The maximum atomic E-state index is 15.9. The highest BCUT2D eigenvalue weighted by atomic mass is 16.7. The van der Waals surface area contributed by atoms with Crippen molar-refractivity contribution in [1.29, 1.82) is 0 Å². The highest BCUT2D eigenvalue weighted by Crippen LogP contribution is 2.75. The van der Waals surface area contributed by atoms with Crippen LogP contribution in [-0.4, -0.2) is 105 Å². The lowest BCUT2D eigenvalue weighted by Gasteiger charge is -2.62. The quantitative estimate of drug-likeness (QED) is 0.106. The van der Waals surface area contributed by atoms with E-state index in [1.165, 1.54) is 7.11 Å². The molecule has 2 aromatic carbocycles. The van der Waals surface area contributed by atoms with Crippen molar-refractivity contribution in [2.75, 3.05) is 13.7 Å². The van der Waals surface area contributed by atoms with Gasteiger partial charge in [0.25, 0.3) is 0 Å². The summed E-state index contributed by atoms with van der Waals surface area (Å²) in [6, 6.07) is 7.18. The molecule has 4 N–H and O–H groups in total. The van der Waals surface area contributed by atoms with E-state index in [1.54, 1.807) is 25.1 Å². The molecule has 6 unspecified atom stereocenters. The lowest BCUT2D eigenvalue weighted by molar-refractivity contribution is -0.277. The Labute approximate surface area is 395 Å². The van der Waals surface area contributed by atoms with Gasteiger partial charge in [0.15, 0.2) is 22.8 Å². The van der Waals surface area contributed by atoms with Crippen LogP contribution in [-0.2, 0) is 35.0 Å². The van der Waals surface area contributed by atoms with Gasteiger partial charge in [0.1, 0.15) is 64.3 Å². The summed E-state index contributed by atoms with van der Waals surface area (Å²) in [5.74, 6) is -1.88. The van der Waals surface area contributed by atoms with Crippen molar-refractivity contribution < 1.29 is 68.0 Å². The highest BCUT2D eigenvalue weighted by Gasteiger charge is 2.84. The van der Waals surface area contributed by atoms with E-state index in [4.69, 9.17) is 33.2 Å². The standard InChI is InChI=1S/C54H60O14/c1-25(2)13-12-20-52(8)21-19-31-43(66-52)30(17-16-26(3)4)46-37(45(31)65-50-42(59)41(58)40(57)33(24-55)63-50)47-38-35(36-39(56)28-14-10-11-15-29(28)44(36)64-47)32-23-34-51(6,7)68-53(48(32)60,54(34,38)67-46)22-18-27(5)49(61)62-9/h10-11,13-16,18-19,21,32-35,40-42,50,55,57-59H,12,17,20,22-24H2,1-9H3/t32?,33-,34?,35?,40-,41+,42-,50+,52?,53?,54?/m0/s1. The second kappa shape index (κ2) is 16.1. The first-order valence-corrected chi connectivity index (χ1v) is 23.6. The SMILES string of the molecule is COC(=O)C(C)=CCC12OC(C)(C)C3CC(C1=O)C1C4=C(OC5=C1C32Oc1c(CC=C(C)C)c2c(c(O[C@H]3O[C@@H](CO)[C@H](O)[C@@H](O)[C@@H]3O)c15)C=CC(C)(CCC=C(C)C)O2)c1ccccc1C4=O. The van der Waals surface area contributed by atoms with Crippen LogP contribution in [0, 0.1) is 17.8 Å². The molecular weight excluding hydrogens is 873 g/mol. The van der Waals surface area contributed by atoms with E-state index in [9.17, 15) is 30.0 Å². The number of aliphatic hydroxyl groups excluding tert-OH is 4. The Morgan fingerprint density at radius 1 is 0.897 bits per heavy atom. The largest absolute Gasteiger partial charge is 0.482 e. The summed E-state index contributed by atoms with van der Waals surface area (Å²) in [6.07, 6.45) is 3.38. The van der Waals surface area contributed by atoms with E-state index >= 15 is 4.79 Å². The molecule has 5 fully saturated rings. The van der Waals surface area contributed by atoms with Gasteiger partial charge in [0.05, 0.1) is 30.5 Å². The summed E-state index contributed by atoms with van der Waals surface area (Å²) in [6.45, 7) is 14.9. The molecule has 0 radical (unpaired) electrons. The van der Waals surface area contributed by atoms with Crippen LogP contribution in [0.15, 0.2) is 76.4 Å². The fraction of sp³-hybridized carbons (Fsp3) is 0.500. The molecule has 360 valence electrons. The van der Waals surface area contributed by atoms with Crippen LogP contribution in [0.5, 0.6) is 17.2 Å². The lowest BCUT2D eigenvalue weighted by atomic mass is 9.45. The molecular formula is C54H60O14. The molecule has 4 aliphatic carbocycles. The van der Waals surface area contributed by atoms with Crippen molar-refractivity contribution >= 4 is 35.1 Å². The molecule has 4 bridgehead atoms. The van der Waals surface area contributed by atoms with Gasteiger partial charge in [-0.2, -0.15) is 0 Å². The summed E-state index contributed by atoms with van der Waals surface area (Å²) in [5, 5.41) is 43.8. The van der Waals surface area contributed by atoms with Crippen LogP contribution in [0.2, 0.25) is 0 Å². The molecule has 5 heterocycles. The van der Waals surface area contributed by atoms with E-state index in [1.807, 2.05) is 78.8 Å². The van der Waals surface area contributed by atoms with Crippen LogP contribution in [0.1, 0.15) is 114 Å². The molecule has 5 aliphatic heterocycles. The van der Waals surface area contributed by atoms with Crippen LogP contribution in [0.25, 0.3) is 17.6 Å². The molecule has 2 aromatic rings. The van der Waals surface area contributed by atoms with Gasteiger partial charge in [-0.05, 0) is 93.2 Å². The van der Waals surface area contributed by atoms with Gasteiger partial charge in [0, 0.05) is 52.0 Å². The zero-order valence-corrected chi connectivity index (χ0v) is 39.9. The molecule has 11 atom stereocenters. The number of carbonyl (C=O) groups is 3. The number of esters is 1. The average molecular weight is 933 g/mol. The summed E-state index contributed by atoms with van der Waals surface area (Å²) in [4.78, 5) is 43.6. The van der Waals surface area contributed by atoms with Crippen molar-refractivity contribution in [3.8, 4) is 17.2 Å². The van der Waals surface area contributed by atoms with Gasteiger partial charge in [-0.15, -0.1) is 0 Å². The second-order valence-corrected chi connectivity index (χ2v) is 20.8. The zero-order valence-electron chi connectivity index (χ0n) is 39.9. The third kappa shape index (κ3) is 6.47.